The second-order valence-corrected chi connectivity index (χ2v) is 8.45. The topological polar surface area (TPSA) is 77.3 Å². The molecule has 1 fully saturated rings. The molecular weight excluding hydrogens is 408 g/mol. The minimum absolute atomic E-state index is 0.0372. The summed E-state index contributed by atoms with van der Waals surface area (Å²) in [7, 11) is 0. The second kappa shape index (κ2) is 8.98. The number of aliphatic hydroxyl groups excluding tert-OH is 2. The van der Waals surface area contributed by atoms with E-state index >= 15 is 0 Å². The summed E-state index contributed by atoms with van der Waals surface area (Å²) >= 11 is 5.56. The van der Waals surface area contributed by atoms with E-state index in [1.165, 1.54) is 31.5 Å². The highest BCUT2D eigenvalue weighted by atomic mass is 32.1. The maximum Gasteiger partial charge on any atom is 0.200 e. The molecule has 0 bridgehead atoms. The summed E-state index contributed by atoms with van der Waals surface area (Å²) < 4.78 is 2.44. The Bertz CT molecular complexity index is 1140. The molecular formula is C24H28N4O2S. The molecule has 162 valence electrons. The highest BCUT2D eigenvalue weighted by Gasteiger charge is 2.26. The van der Waals surface area contributed by atoms with E-state index in [1.807, 2.05) is 17.6 Å². The first kappa shape index (κ1) is 21.2. The molecule has 1 aliphatic heterocycles. The van der Waals surface area contributed by atoms with E-state index in [2.05, 4.69) is 45.4 Å². The fraction of sp³-hybridized carbons (Fsp3) is 0.333. The second-order valence-electron chi connectivity index (χ2n) is 8.07. The van der Waals surface area contributed by atoms with Crippen molar-refractivity contribution in [3.05, 3.63) is 69.7 Å². The summed E-state index contributed by atoms with van der Waals surface area (Å²) in [6.07, 6.45) is 12.6. The van der Waals surface area contributed by atoms with Crippen LogP contribution >= 0.6 is 12.2 Å². The Labute approximate surface area is 187 Å². The van der Waals surface area contributed by atoms with Gasteiger partial charge in [-0.1, -0.05) is 31.2 Å². The van der Waals surface area contributed by atoms with Crippen LogP contribution in [0.15, 0.2) is 53.5 Å². The first-order chi connectivity index (χ1) is 15.0. The van der Waals surface area contributed by atoms with E-state index in [4.69, 9.17) is 12.2 Å². The lowest BCUT2D eigenvalue weighted by Crippen LogP contribution is -2.28. The van der Waals surface area contributed by atoms with Gasteiger partial charge < -0.3 is 15.1 Å². The molecule has 2 heterocycles. The summed E-state index contributed by atoms with van der Waals surface area (Å²) in [6, 6.07) is 6.29. The highest BCUT2D eigenvalue weighted by Crippen LogP contribution is 2.36. The van der Waals surface area contributed by atoms with Crippen molar-refractivity contribution in [2.24, 2.45) is 5.92 Å². The molecule has 0 unspecified atom stereocenters. The largest absolute Gasteiger partial charge is 0.512 e. The SMILES string of the molecule is CCC(/C=C/c1n[nH]c(=S)n1-c1cccc2c1C=CCN2CC1CC1)=C(O)/C=C(\C)O. The van der Waals surface area contributed by atoms with Gasteiger partial charge in [-0.3, -0.25) is 9.67 Å². The number of hydrogen-bond acceptors (Lipinski definition) is 5. The first-order valence-corrected chi connectivity index (χ1v) is 11.1. The van der Waals surface area contributed by atoms with Gasteiger partial charge in [0.25, 0.3) is 0 Å². The molecule has 1 aliphatic carbocycles. The molecule has 1 saturated carbocycles. The van der Waals surface area contributed by atoms with Crippen molar-refractivity contribution >= 4 is 30.1 Å². The van der Waals surface area contributed by atoms with Gasteiger partial charge in [0, 0.05) is 30.4 Å². The molecule has 31 heavy (non-hydrogen) atoms. The predicted molar refractivity (Wildman–Crippen MR) is 128 cm³/mol. The third kappa shape index (κ3) is 4.66. The summed E-state index contributed by atoms with van der Waals surface area (Å²) in [6.45, 7) is 5.49. The van der Waals surface area contributed by atoms with Gasteiger partial charge in [-0.25, -0.2) is 0 Å². The van der Waals surface area contributed by atoms with E-state index in [1.54, 1.807) is 6.08 Å². The van der Waals surface area contributed by atoms with Crippen molar-refractivity contribution in [1.29, 1.82) is 0 Å². The number of allylic oxidation sites excluding steroid dienone is 4. The Hall–Kier alpha value is -3.06. The number of nitrogens with zero attached hydrogens (tertiary/aromatic N) is 3. The number of aromatic amines is 1. The molecule has 1 aromatic carbocycles. The van der Waals surface area contributed by atoms with E-state index in [0.717, 1.165) is 30.3 Å². The molecule has 0 atom stereocenters. The standard InChI is InChI=1S/C24H28N4O2S/c1-3-18(22(30)14-16(2)29)11-12-23-25-26-24(31)28(23)21-8-4-7-20-19(21)6-5-13-27(20)15-17-9-10-17/h4-8,11-12,14,17,29-30H,3,9-10,13,15H2,1-2H3,(H,26,31)/b12-11+,16-14+,22-18+. The third-order valence-corrected chi connectivity index (χ3v) is 5.89. The van der Waals surface area contributed by atoms with Gasteiger partial charge in [0.1, 0.15) is 5.76 Å². The van der Waals surface area contributed by atoms with Gasteiger partial charge in [0.2, 0.25) is 0 Å². The zero-order chi connectivity index (χ0) is 22.0. The van der Waals surface area contributed by atoms with Gasteiger partial charge >= 0.3 is 0 Å². The Morgan fingerprint density at radius 1 is 1.29 bits per heavy atom. The van der Waals surface area contributed by atoms with Gasteiger partial charge in [-0.2, -0.15) is 5.10 Å². The first-order valence-electron chi connectivity index (χ1n) is 10.7. The number of benzene rings is 1. The molecule has 7 heteroatoms. The maximum absolute atomic E-state index is 10.2. The van der Waals surface area contributed by atoms with Crippen molar-refractivity contribution in [2.75, 3.05) is 18.0 Å². The fourth-order valence-corrected chi connectivity index (χ4v) is 4.11. The number of H-pyrrole nitrogens is 1. The summed E-state index contributed by atoms with van der Waals surface area (Å²) in [5, 5.41) is 27.0. The third-order valence-electron chi connectivity index (χ3n) is 5.61. The molecule has 0 saturated heterocycles. The Morgan fingerprint density at radius 3 is 2.77 bits per heavy atom. The number of aromatic nitrogens is 3. The quantitative estimate of drug-likeness (QED) is 0.287. The zero-order valence-electron chi connectivity index (χ0n) is 17.9. The molecule has 0 radical (unpaired) electrons. The molecule has 6 nitrogen and oxygen atoms in total. The summed E-state index contributed by atoms with van der Waals surface area (Å²) in [5.74, 6) is 1.55. The molecule has 0 spiro atoms. The van der Waals surface area contributed by atoms with E-state index in [0.29, 0.717) is 22.6 Å². The molecule has 4 rings (SSSR count). The van der Waals surface area contributed by atoms with Crippen LogP contribution in [0, 0.1) is 10.7 Å². The lowest BCUT2D eigenvalue weighted by molar-refractivity contribution is 0.390. The minimum Gasteiger partial charge on any atom is -0.512 e. The molecule has 2 aromatic rings. The average Bonchev–Trinajstić information content (AvgIpc) is 3.48. The highest BCUT2D eigenvalue weighted by molar-refractivity contribution is 7.71. The van der Waals surface area contributed by atoms with E-state index in [9.17, 15) is 10.2 Å². The van der Waals surface area contributed by atoms with Crippen LogP contribution in [0.1, 0.15) is 44.5 Å². The Balaban J connectivity index is 1.73. The number of rotatable bonds is 7. The number of anilines is 1. The van der Waals surface area contributed by atoms with Crippen LogP contribution in [-0.2, 0) is 0 Å². The molecule has 0 amide bonds. The predicted octanol–water partition coefficient (Wildman–Crippen LogP) is 5.87. The van der Waals surface area contributed by atoms with E-state index < -0.39 is 0 Å². The summed E-state index contributed by atoms with van der Waals surface area (Å²) in [5.41, 5.74) is 4.03. The molecule has 1 aromatic heterocycles. The van der Waals surface area contributed by atoms with Gasteiger partial charge in [-0.15, -0.1) is 0 Å². The lowest BCUT2D eigenvalue weighted by atomic mass is 10.0. The van der Waals surface area contributed by atoms with Crippen LogP contribution in [0.3, 0.4) is 0 Å². The fourth-order valence-electron chi connectivity index (χ4n) is 3.87. The number of aliphatic hydroxyl groups is 2. The van der Waals surface area contributed by atoms with Crippen LogP contribution < -0.4 is 4.90 Å². The van der Waals surface area contributed by atoms with Crippen LogP contribution in [0.4, 0.5) is 5.69 Å². The van der Waals surface area contributed by atoms with Crippen molar-refractivity contribution in [3.63, 3.8) is 0 Å². The van der Waals surface area contributed by atoms with Crippen LogP contribution in [-0.4, -0.2) is 38.1 Å². The summed E-state index contributed by atoms with van der Waals surface area (Å²) in [4.78, 5) is 2.44. The van der Waals surface area contributed by atoms with Crippen molar-refractivity contribution < 1.29 is 10.2 Å². The van der Waals surface area contributed by atoms with Crippen molar-refractivity contribution in [1.82, 2.24) is 14.8 Å². The van der Waals surface area contributed by atoms with Gasteiger partial charge in [0.05, 0.1) is 11.4 Å². The zero-order valence-corrected chi connectivity index (χ0v) is 18.7. The Morgan fingerprint density at radius 2 is 2.06 bits per heavy atom. The molecule has 2 aliphatic rings. The molecule has 3 N–H and O–H groups in total. The van der Waals surface area contributed by atoms with Crippen LogP contribution in [0.5, 0.6) is 0 Å². The normalized spacial score (nSPS) is 17.2. The minimum atomic E-state index is 0.0372. The van der Waals surface area contributed by atoms with Crippen molar-refractivity contribution in [2.45, 2.75) is 33.1 Å². The number of hydrogen-bond donors (Lipinski definition) is 3. The number of fused-ring (bicyclic) bond motifs is 1. The van der Waals surface area contributed by atoms with E-state index in [-0.39, 0.29) is 11.5 Å². The monoisotopic (exact) mass is 436 g/mol. The van der Waals surface area contributed by atoms with Gasteiger partial charge in [-0.05, 0) is 68.1 Å². The maximum atomic E-state index is 10.2. The lowest BCUT2D eigenvalue weighted by Gasteiger charge is -2.29. The smallest absolute Gasteiger partial charge is 0.200 e. The van der Waals surface area contributed by atoms with Crippen molar-refractivity contribution in [3.8, 4) is 5.69 Å². The van der Waals surface area contributed by atoms with Crippen LogP contribution in [0.2, 0.25) is 0 Å². The Kier molecular flexibility index (Phi) is 6.13. The number of nitrogens with one attached hydrogen (secondary N) is 1. The average molecular weight is 437 g/mol. The van der Waals surface area contributed by atoms with Gasteiger partial charge in [0.15, 0.2) is 10.6 Å². The van der Waals surface area contributed by atoms with Crippen LogP contribution in [0.25, 0.3) is 17.8 Å².